The van der Waals surface area contributed by atoms with Crippen LogP contribution >= 0.6 is 0 Å². The van der Waals surface area contributed by atoms with Crippen molar-refractivity contribution in [3.05, 3.63) is 12.7 Å². The molecule has 0 heterocycles. The highest BCUT2D eigenvalue weighted by molar-refractivity contribution is 5.73. The molecule has 0 aliphatic heterocycles. The van der Waals surface area contributed by atoms with Gasteiger partial charge in [0, 0.05) is 0 Å². The number of hydrogen-bond acceptors (Lipinski definition) is 2. The molecule has 0 bridgehead atoms. The highest BCUT2D eigenvalue weighted by atomic mass is 16.5. The lowest BCUT2D eigenvalue weighted by Gasteiger charge is -2.04. The molecule has 0 radical (unpaired) electrons. The predicted octanol–water partition coefficient (Wildman–Crippen LogP) is 1.76. The maximum atomic E-state index is 10.8. The van der Waals surface area contributed by atoms with Crippen molar-refractivity contribution in [2.24, 2.45) is 5.92 Å². The van der Waals surface area contributed by atoms with Crippen molar-refractivity contribution >= 4 is 5.97 Å². The zero-order chi connectivity index (χ0) is 7.98. The summed E-state index contributed by atoms with van der Waals surface area (Å²) in [6.07, 6.45) is 2.45. The summed E-state index contributed by atoms with van der Waals surface area (Å²) in [5, 5.41) is 0. The van der Waals surface area contributed by atoms with E-state index in [0.717, 1.165) is 6.42 Å². The quantitative estimate of drug-likeness (QED) is 0.441. The standard InChI is InChI=1S/C8H14O2/c1-4-6-10-8(9)7(3)5-2/h5,7H,2,4,6H2,1,3H3. The summed E-state index contributed by atoms with van der Waals surface area (Å²) in [6.45, 7) is 7.73. The van der Waals surface area contributed by atoms with Crippen LogP contribution in [0.3, 0.4) is 0 Å². The number of esters is 1. The molecule has 0 spiro atoms. The summed E-state index contributed by atoms with van der Waals surface area (Å²) < 4.78 is 4.83. The van der Waals surface area contributed by atoms with Crippen molar-refractivity contribution < 1.29 is 9.53 Å². The first-order valence-corrected chi connectivity index (χ1v) is 3.51. The van der Waals surface area contributed by atoms with Gasteiger partial charge in [-0.3, -0.25) is 4.79 Å². The maximum absolute atomic E-state index is 10.8. The summed E-state index contributed by atoms with van der Waals surface area (Å²) in [5.74, 6) is -0.358. The Hall–Kier alpha value is -0.790. The first kappa shape index (κ1) is 9.21. The highest BCUT2D eigenvalue weighted by Gasteiger charge is 2.08. The largest absolute Gasteiger partial charge is 0.465 e. The lowest BCUT2D eigenvalue weighted by Crippen LogP contribution is -2.12. The third-order valence-electron chi connectivity index (χ3n) is 1.17. The van der Waals surface area contributed by atoms with Crippen LogP contribution in [0, 0.1) is 5.92 Å². The molecule has 1 atom stereocenters. The van der Waals surface area contributed by atoms with Gasteiger partial charge in [0.1, 0.15) is 0 Å². The number of rotatable bonds is 4. The molecule has 2 nitrogen and oxygen atoms in total. The Morgan fingerprint density at radius 1 is 1.80 bits per heavy atom. The van der Waals surface area contributed by atoms with E-state index < -0.39 is 0 Å². The Labute approximate surface area is 61.9 Å². The SMILES string of the molecule is C=CC(C)C(=O)OCCC. The van der Waals surface area contributed by atoms with Gasteiger partial charge in [-0.25, -0.2) is 0 Å². The molecule has 10 heavy (non-hydrogen) atoms. The number of hydrogen-bond donors (Lipinski definition) is 0. The van der Waals surface area contributed by atoms with E-state index >= 15 is 0 Å². The molecule has 0 aromatic rings. The van der Waals surface area contributed by atoms with Gasteiger partial charge in [-0.05, 0) is 13.3 Å². The van der Waals surface area contributed by atoms with Gasteiger partial charge in [0.05, 0.1) is 12.5 Å². The fraction of sp³-hybridized carbons (Fsp3) is 0.625. The second-order valence-electron chi connectivity index (χ2n) is 2.19. The number of carbonyl (C=O) groups excluding carboxylic acids is 1. The molecule has 0 N–H and O–H groups in total. The van der Waals surface area contributed by atoms with Gasteiger partial charge in [-0.1, -0.05) is 13.0 Å². The number of ether oxygens (including phenoxy) is 1. The zero-order valence-corrected chi connectivity index (χ0v) is 6.59. The highest BCUT2D eigenvalue weighted by Crippen LogP contribution is 1.98. The monoisotopic (exact) mass is 142 g/mol. The van der Waals surface area contributed by atoms with Gasteiger partial charge >= 0.3 is 5.97 Å². The van der Waals surface area contributed by atoms with Crippen LogP contribution in [0.15, 0.2) is 12.7 Å². The summed E-state index contributed by atoms with van der Waals surface area (Å²) in [6, 6.07) is 0. The lowest BCUT2D eigenvalue weighted by molar-refractivity contribution is -0.146. The van der Waals surface area contributed by atoms with Crippen LogP contribution in [0.2, 0.25) is 0 Å². The first-order chi connectivity index (χ1) is 4.72. The molecule has 0 aromatic carbocycles. The van der Waals surface area contributed by atoms with Gasteiger partial charge in [0.2, 0.25) is 0 Å². The summed E-state index contributed by atoms with van der Waals surface area (Å²) in [5.41, 5.74) is 0. The predicted molar refractivity (Wildman–Crippen MR) is 40.6 cm³/mol. The summed E-state index contributed by atoms with van der Waals surface area (Å²) in [4.78, 5) is 10.8. The molecule has 58 valence electrons. The van der Waals surface area contributed by atoms with Crippen LogP contribution in [0.4, 0.5) is 0 Å². The van der Waals surface area contributed by atoms with Crippen LogP contribution in [0.25, 0.3) is 0 Å². The van der Waals surface area contributed by atoms with Crippen molar-refractivity contribution in [3.8, 4) is 0 Å². The van der Waals surface area contributed by atoms with Crippen LogP contribution in [0.5, 0.6) is 0 Å². The minimum Gasteiger partial charge on any atom is -0.465 e. The topological polar surface area (TPSA) is 26.3 Å². The smallest absolute Gasteiger partial charge is 0.312 e. The van der Waals surface area contributed by atoms with Crippen molar-refractivity contribution in [1.29, 1.82) is 0 Å². The first-order valence-electron chi connectivity index (χ1n) is 3.51. The van der Waals surface area contributed by atoms with Crippen LogP contribution in [0.1, 0.15) is 20.3 Å². The second-order valence-corrected chi connectivity index (χ2v) is 2.19. The van der Waals surface area contributed by atoms with Crippen molar-refractivity contribution in [3.63, 3.8) is 0 Å². The molecule has 0 saturated heterocycles. The average Bonchev–Trinajstić information content (AvgIpc) is 1.98. The van der Waals surface area contributed by atoms with E-state index in [0.29, 0.717) is 6.61 Å². The number of carbonyl (C=O) groups is 1. The molecule has 0 amide bonds. The average molecular weight is 142 g/mol. The summed E-state index contributed by atoms with van der Waals surface area (Å²) in [7, 11) is 0. The minimum absolute atomic E-state index is 0.174. The minimum atomic E-state index is -0.183. The third kappa shape index (κ3) is 3.28. The molecule has 0 fully saturated rings. The molecular weight excluding hydrogens is 128 g/mol. The van der Waals surface area contributed by atoms with Gasteiger partial charge in [0.15, 0.2) is 0 Å². The molecule has 2 heteroatoms. The van der Waals surface area contributed by atoms with Crippen LogP contribution in [-0.2, 0) is 9.53 Å². The molecule has 0 aromatic heterocycles. The molecule has 1 unspecified atom stereocenters. The van der Waals surface area contributed by atoms with Crippen molar-refractivity contribution in [1.82, 2.24) is 0 Å². The van der Waals surface area contributed by atoms with E-state index in [9.17, 15) is 4.79 Å². The van der Waals surface area contributed by atoms with Gasteiger partial charge < -0.3 is 4.74 Å². The second kappa shape index (κ2) is 5.03. The Balaban J connectivity index is 3.51. The van der Waals surface area contributed by atoms with Gasteiger partial charge in [-0.2, -0.15) is 0 Å². The molecular formula is C8H14O2. The zero-order valence-electron chi connectivity index (χ0n) is 6.59. The van der Waals surface area contributed by atoms with E-state index in [1.807, 2.05) is 6.92 Å². The van der Waals surface area contributed by atoms with Crippen LogP contribution in [-0.4, -0.2) is 12.6 Å². The van der Waals surface area contributed by atoms with Gasteiger partial charge in [0.25, 0.3) is 0 Å². The Kier molecular flexibility index (Phi) is 4.63. The Morgan fingerprint density at radius 3 is 2.80 bits per heavy atom. The van der Waals surface area contributed by atoms with E-state index in [4.69, 9.17) is 4.74 Å². The fourth-order valence-electron chi connectivity index (χ4n) is 0.430. The normalized spacial score (nSPS) is 12.2. The maximum Gasteiger partial charge on any atom is 0.312 e. The van der Waals surface area contributed by atoms with Crippen molar-refractivity contribution in [2.75, 3.05) is 6.61 Å². The fourth-order valence-corrected chi connectivity index (χ4v) is 0.430. The Morgan fingerprint density at radius 2 is 2.40 bits per heavy atom. The van der Waals surface area contributed by atoms with Gasteiger partial charge in [-0.15, -0.1) is 6.58 Å². The molecule has 0 aliphatic rings. The lowest BCUT2D eigenvalue weighted by atomic mass is 10.2. The Bertz CT molecular complexity index is 118. The van der Waals surface area contributed by atoms with Crippen molar-refractivity contribution in [2.45, 2.75) is 20.3 Å². The van der Waals surface area contributed by atoms with E-state index in [2.05, 4.69) is 6.58 Å². The van der Waals surface area contributed by atoms with E-state index in [1.54, 1.807) is 13.0 Å². The molecule has 0 aliphatic carbocycles. The van der Waals surface area contributed by atoms with Crippen LogP contribution < -0.4 is 0 Å². The third-order valence-corrected chi connectivity index (χ3v) is 1.17. The van der Waals surface area contributed by atoms with E-state index in [-0.39, 0.29) is 11.9 Å². The molecule has 0 saturated carbocycles. The summed E-state index contributed by atoms with van der Waals surface area (Å²) >= 11 is 0. The van der Waals surface area contributed by atoms with E-state index in [1.165, 1.54) is 0 Å². The molecule has 0 rings (SSSR count).